The van der Waals surface area contributed by atoms with Crippen molar-refractivity contribution in [2.45, 2.75) is 26.7 Å². The summed E-state index contributed by atoms with van der Waals surface area (Å²) in [6, 6.07) is 5.90. The van der Waals surface area contributed by atoms with Crippen LogP contribution in [0, 0.1) is 0 Å². The minimum Gasteiger partial charge on any atom is -0.324 e. The molecule has 0 bridgehead atoms. The highest BCUT2D eigenvalue weighted by molar-refractivity contribution is 7.88. The van der Waals surface area contributed by atoms with Crippen LogP contribution in [0.1, 0.15) is 25.0 Å². The molecule has 0 aliphatic rings. The number of benzene rings is 1. The first-order valence-electron chi connectivity index (χ1n) is 7.30. The maximum atomic E-state index is 12.2. The summed E-state index contributed by atoms with van der Waals surface area (Å²) < 4.78 is 24.4. The molecule has 22 heavy (non-hydrogen) atoms. The average molecular weight is 324 g/mol. The van der Waals surface area contributed by atoms with Crippen LogP contribution in [-0.4, -0.2) is 38.0 Å². The lowest BCUT2D eigenvalue weighted by molar-refractivity contribution is -0.116. The predicted molar refractivity (Wildman–Crippen MR) is 90.4 cm³/mol. The minimum atomic E-state index is -3.44. The molecule has 1 N–H and O–H groups in total. The largest absolute Gasteiger partial charge is 0.324 e. The monoisotopic (exact) mass is 324 g/mol. The quantitative estimate of drug-likeness (QED) is 0.746. The standard InChI is InChI=1S/C16H24N2O3S/c1-5-11-18(22(4,20)21)12-15(19)17-16-13(6-2)9-8-10-14(16)7-3/h5,8-10H,1,6-7,11-12H2,2-4H3,(H,17,19). The van der Waals surface area contributed by atoms with Crippen LogP contribution in [0.3, 0.4) is 0 Å². The molecule has 0 aliphatic heterocycles. The lowest BCUT2D eigenvalue weighted by Crippen LogP contribution is -2.37. The number of nitrogens with one attached hydrogen (secondary N) is 1. The molecule has 0 heterocycles. The van der Waals surface area contributed by atoms with Gasteiger partial charge in [-0.15, -0.1) is 6.58 Å². The SMILES string of the molecule is C=CCN(CC(=O)Nc1c(CC)cccc1CC)S(C)(=O)=O. The molecule has 0 aromatic heterocycles. The van der Waals surface area contributed by atoms with Gasteiger partial charge in [-0.2, -0.15) is 4.31 Å². The number of carbonyl (C=O) groups excluding carboxylic acids is 1. The van der Waals surface area contributed by atoms with Crippen molar-refractivity contribution in [3.05, 3.63) is 42.0 Å². The Morgan fingerprint density at radius 1 is 1.27 bits per heavy atom. The summed E-state index contributed by atoms with van der Waals surface area (Å²) in [6.45, 7) is 7.46. The van der Waals surface area contributed by atoms with E-state index in [0.29, 0.717) is 0 Å². The van der Waals surface area contributed by atoms with Gasteiger partial charge in [-0.05, 0) is 24.0 Å². The Morgan fingerprint density at radius 2 is 1.82 bits per heavy atom. The number of amides is 1. The smallest absolute Gasteiger partial charge is 0.239 e. The van der Waals surface area contributed by atoms with E-state index < -0.39 is 10.0 Å². The molecule has 0 radical (unpaired) electrons. The average Bonchev–Trinajstić information content (AvgIpc) is 2.46. The number of rotatable bonds is 8. The normalized spacial score (nSPS) is 11.5. The van der Waals surface area contributed by atoms with E-state index in [1.807, 2.05) is 32.0 Å². The van der Waals surface area contributed by atoms with E-state index >= 15 is 0 Å². The van der Waals surface area contributed by atoms with Gasteiger partial charge in [-0.25, -0.2) is 8.42 Å². The van der Waals surface area contributed by atoms with Crippen LogP contribution in [0.25, 0.3) is 0 Å². The fourth-order valence-corrected chi connectivity index (χ4v) is 2.93. The maximum absolute atomic E-state index is 12.2. The third kappa shape index (κ3) is 4.96. The molecule has 0 aliphatic carbocycles. The Bertz CT molecular complexity index is 617. The van der Waals surface area contributed by atoms with Crippen molar-refractivity contribution >= 4 is 21.6 Å². The minimum absolute atomic E-state index is 0.113. The summed E-state index contributed by atoms with van der Waals surface area (Å²) in [7, 11) is -3.44. The van der Waals surface area contributed by atoms with Crippen molar-refractivity contribution in [2.75, 3.05) is 24.7 Å². The molecular weight excluding hydrogens is 300 g/mol. The summed E-state index contributed by atoms with van der Waals surface area (Å²) in [4.78, 5) is 12.2. The molecule has 6 heteroatoms. The lowest BCUT2D eigenvalue weighted by Gasteiger charge is -2.19. The van der Waals surface area contributed by atoms with Crippen LogP contribution >= 0.6 is 0 Å². The van der Waals surface area contributed by atoms with Crippen molar-refractivity contribution in [3.8, 4) is 0 Å². The van der Waals surface area contributed by atoms with E-state index in [0.717, 1.165) is 40.2 Å². The second kappa shape index (κ2) is 8.10. The zero-order valence-electron chi connectivity index (χ0n) is 13.4. The molecule has 0 unspecified atom stereocenters. The summed E-state index contributed by atoms with van der Waals surface area (Å²) in [5.74, 6) is -0.345. The number of para-hydroxylation sites is 1. The first-order chi connectivity index (χ1) is 10.3. The van der Waals surface area contributed by atoms with Gasteiger partial charge in [-0.1, -0.05) is 38.1 Å². The van der Waals surface area contributed by atoms with Gasteiger partial charge in [0.2, 0.25) is 15.9 Å². The summed E-state index contributed by atoms with van der Waals surface area (Å²) in [6.07, 6.45) is 4.14. The van der Waals surface area contributed by atoms with Crippen molar-refractivity contribution < 1.29 is 13.2 Å². The molecule has 1 aromatic carbocycles. The molecule has 0 saturated heterocycles. The maximum Gasteiger partial charge on any atom is 0.239 e. The van der Waals surface area contributed by atoms with Gasteiger partial charge in [0.1, 0.15) is 0 Å². The van der Waals surface area contributed by atoms with Crippen LogP contribution in [-0.2, 0) is 27.7 Å². The second-order valence-corrected chi connectivity index (χ2v) is 7.03. The fourth-order valence-electron chi connectivity index (χ4n) is 2.20. The molecule has 1 rings (SSSR count). The van der Waals surface area contributed by atoms with Crippen LogP contribution in [0.5, 0.6) is 0 Å². The van der Waals surface area contributed by atoms with Gasteiger partial charge in [0, 0.05) is 12.2 Å². The molecule has 1 amide bonds. The van der Waals surface area contributed by atoms with E-state index in [2.05, 4.69) is 11.9 Å². The molecule has 0 saturated carbocycles. The fraction of sp³-hybridized carbons (Fsp3) is 0.438. The van der Waals surface area contributed by atoms with Crippen molar-refractivity contribution in [1.82, 2.24) is 4.31 Å². The highest BCUT2D eigenvalue weighted by Crippen LogP contribution is 2.22. The number of aryl methyl sites for hydroxylation is 2. The van der Waals surface area contributed by atoms with Gasteiger partial charge in [0.25, 0.3) is 0 Å². The van der Waals surface area contributed by atoms with Crippen LogP contribution in [0.2, 0.25) is 0 Å². The Hall–Kier alpha value is -1.66. The third-order valence-electron chi connectivity index (χ3n) is 3.38. The van der Waals surface area contributed by atoms with Crippen LogP contribution in [0.4, 0.5) is 5.69 Å². The number of hydrogen-bond acceptors (Lipinski definition) is 3. The highest BCUT2D eigenvalue weighted by Gasteiger charge is 2.19. The van der Waals surface area contributed by atoms with Crippen molar-refractivity contribution in [3.63, 3.8) is 0 Å². The van der Waals surface area contributed by atoms with E-state index in [9.17, 15) is 13.2 Å². The molecule has 0 spiro atoms. The zero-order chi connectivity index (χ0) is 16.8. The molecular formula is C16H24N2O3S. The van der Waals surface area contributed by atoms with Gasteiger partial charge >= 0.3 is 0 Å². The van der Waals surface area contributed by atoms with Crippen LogP contribution < -0.4 is 5.32 Å². The third-order valence-corrected chi connectivity index (χ3v) is 4.60. The Kier molecular flexibility index (Phi) is 6.77. The number of nitrogens with zero attached hydrogens (tertiary/aromatic N) is 1. The van der Waals surface area contributed by atoms with Gasteiger partial charge in [-0.3, -0.25) is 4.79 Å². The van der Waals surface area contributed by atoms with E-state index in [1.54, 1.807) is 0 Å². The van der Waals surface area contributed by atoms with Crippen LogP contribution in [0.15, 0.2) is 30.9 Å². The molecule has 1 aromatic rings. The highest BCUT2D eigenvalue weighted by atomic mass is 32.2. The zero-order valence-corrected chi connectivity index (χ0v) is 14.2. The van der Waals surface area contributed by atoms with Crippen molar-refractivity contribution in [2.24, 2.45) is 0 Å². The number of carbonyl (C=O) groups is 1. The Morgan fingerprint density at radius 3 is 2.23 bits per heavy atom. The van der Waals surface area contributed by atoms with Gasteiger partial charge in [0.15, 0.2) is 0 Å². The lowest BCUT2D eigenvalue weighted by atomic mass is 10.0. The van der Waals surface area contributed by atoms with Crippen molar-refractivity contribution in [1.29, 1.82) is 0 Å². The number of hydrogen-bond donors (Lipinski definition) is 1. The molecule has 122 valence electrons. The summed E-state index contributed by atoms with van der Waals surface area (Å²) in [5, 5.41) is 2.86. The second-order valence-electron chi connectivity index (χ2n) is 5.05. The van der Waals surface area contributed by atoms with E-state index in [4.69, 9.17) is 0 Å². The Balaban J connectivity index is 2.95. The summed E-state index contributed by atoms with van der Waals surface area (Å²) in [5.41, 5.74) is 2.88. The predicted octanol–water partition coefficient (Wildman–Crippen LogP) is 2.20. The van der Waals surface area contributed by atoms with Gasteiger partial charge < -0.3 is 5.32 Å². The van der Waals surface area contributed by atoms with E-state index in [1.165, 1.54) is 6.08 Å². The first kappa shape index (κ1) is 18.4. The topological polar surface area (TPSA) is 66.5 Å². The van der Waals surface area contributed by atoms with Gasteiger partial charge in [0.05, 0.1) is 12.8 Å². The number of sulfonamides is 1. The number of anilines is 1. The molecule has 0 fully saturated rings. The van der Waals surface area contributed by atoms with E-state index in [-0.39, 0.29) is 19.0 Å². The Labute approximate surface area is 133 Å². The molecule has 5 nitrogen and oxygen atoms in total. The summed E-state index contributed by atoms with van der Waals surface area (Å²) >= 11 is 0. The first-order valence-corrected chi connectivity index (χ1v) is 9.14. The molecule has 0 atom stereocenters.